The van der Waals surface area contributed by atoms with E-state index in [2.05, 4.69) is 36.4 Å². The quantitative estimate of drug-likeness (QED) is 0.452. The Bertz CT molecular complexity index is 1200. The van der Waals surface area contributed by atoms with Gasteiger partial charge in [0.15, 0.2) is 14.2 Å². The van der Waals surface area contributed by atoms with E-state index in [-0.39, 0.29) is 4.90 Å². The highest BCUT2D eigenvalue weighted by Gasteiger charge is 2.15. The number of nitrogens with zero attached hydrogens (tertiary/aromatic N) is 5. The number of hydrogen-bond acceptors (Lipinski definition) is 8. The minimum Gasteiger partial charge on any atom is -0.229 e. The van der Waals surface area contributed by atoms with Gasteiger partial charge in [-0.1, -0.05) is 15.9 Å². The second kappa shape index (κ2) is 6.72. The minimum absolute atomic E-state index is 0.282. The largest absolute Gasteiger partial charge is 0.229 e. The van der Waals surface area contributed by atoms with Crippen molar-refractivity contribution in [1.82, 2.24) is 25.2 Å². The Balaban J connectivity index is 1.68. The van der Waals surface area contributed by atoms with Crippen LogP contribution in [0.1, 0.15) is 0 Å². The van der Waals surface area contributed by atoms with Gasteiger partial charge in [0.25, 0.3) is 0 Å². The van der Waals surface area contributed by atoms with Crippen LogP contribution in [0.4, 0.5) is 0 Å². The van der Waals surface area contributed by atoms with Gasteiger partial charge in [0.1, 0.15) is 0 Å². The summed E-state index contributed by atoms with van der Waals surface area (Å²) in [6.07, 6.45) is 1.19. The number of tetrazole rings is 1. The summed E-state index contributed by atoms with van der Waals surface area (Å²) < 4.78 is 27.6. The van der Waals surface area contributed by atoms with Gasteiger partial charge in [0.2, 0.25) is 5.16 Å². The molecular formula is C15H10BrN5O2S3. The van der Waals surface area contributed by atoms with Crippen LogP contribution >= 0.6 is 39.0 Å². The van der Waals surface area contributed by atoms with Crippen LogP contribution in [0.2, 0.25) is 0 Å². The molecule has 0 unspecified atom stereocenters. The molecule has 0 amide bonds. The molecule has 0 aliphatic rings. The summed E-state index contributed by atoms with van der Waals surface area (Å²) in [6, 6.07) is 12.6. The van der Waals surface area contributed by atoms with E-state index >= 15 is 0 Å². The van der Waals surface area contributed by atoms with Gasteiger partial charge >= 0.3 is 0 Å². The van der Waals surface area contributed by atoms with Crippen LogP contribution in [0.15, 0.2) is 61.3 Å². The molecule has 0 saturated carbocycles. The molecular weight excluding hydrogens is 458 g/mol. The van der Waals surface area contributed by atoms with Crippen molar-refractivity contribution in [2.45, 2.75) is 14.4 Å². The minimum atomic E-state index is -3.25. The van der Waals surface area contributed by atoms with Crippen molar-refractivity contribution in [3.8, 4) is 5.69 Å². The summed E-state index contributed by atoms with van der Waals surface area (Å²) in [5.74, 6) is 0. The second-order valence-electron chi connectivity index (χ2n) is 5.33. The molecule has 0 fully saturated rings. The lowest BCUT2D eigenvalue weighted by Gasteiger charge is -2.02. The lowest BCUT2D eigenvalue weighted by molar-refractivity contribution is 0.602. The fraction of sp³-hybridized carbons (Fsp3) is 0.0667. The third kappa shape index (κ3) is 3.52. The van der Waals surface area contributed by atoms with Gasteiger partial charge in [-0.3, -0.25) is 0 Å². The Morgan fingerprint density at radius 2 is 1.92 bits per heavy atom. The maximum atomic E-state index is 11.7. The second-order valence-corrected chi connectivity index (χ2v) is 10.5. The van der Waals surface area contributed by atoms with Crippen LogP contribution < -0.4 is 0 Å². The van der Waals surface area contributed by atoms with Crippen molar-refractivity contribution in [2.24, 2.45) is 0 Å². The van der Waals surface area contributed by atoms with E-state index in [0.29, 0.717) is 5.16 Å². The summed E-state index contributed by atoms with van der Waals surface area (Å²) in [4.78, 5) is 4.81. The highest BCUT2D eigenvalue weighted by atomic mass is 79.9. The number of aromatic nitrogens is 5. The number of hydrogen-bond donors (Lipinski definition) is 0. The van der Waals surface area contributed by atoms with Crippen LogP contribution in [0, 0.1) is 0 Å². The fourth-order valence-electron chi connectivity index (χ4n) is 2.22. The molecule has 0 spiro atoms. The molecule has 0 radical (unpaired) electrons. The molecule has 132 valence electrons. The van der Waals surface area contributed by atoms with Crippen molar-refractivity contribution in [2.75, 3.05) is 6.26 Å². The van der Waals surface area contributed by atoms with Crippen LogP contribution in [0.5, 0.6) is 0 Å². The van der Waals surface area contributed by atoms with Gasteiger partial charge in [-0.25, -0.2) is 13.4 Å². The molecule has 0 aliphatic carbocycles. The third-order valence-corrected chi connectivity index (χ3v) is 7.11. The number of rotatable bonds is 4. The molecule has 2 heterocycles. The van der Waals surface area contributed by atoms with Gasteiger partial charge in [0, 0.05) is 10.7 Å². The van der Waals surface area contributed by atoms with E-state index < -0.39 is 9.84 Å². The standard InChI is InChI=1S/C15H10BrN5O2S3/c1-26(22,23)11-6-7-12-13(8-11)24-15(17-12)25-14-18-19-20-21(14)10-4-2-9(16)3-5-10/h2-8H,1H3. The molecule has 0 bridgehead atoms. The smallest absolute Gasteiger partial charge is 0.221 e. The van der Waals surface area contributed by atoms with E-state index in [1.165, 1.54) is 29.4 Å². The van der Waals surface area contributed by atoms with Crippen LogP contribution in [0.25, 0.3) is 15.9 Å². The van der Waals surface area contributed by atoms with Gasteiger partial charge in [0.05, 0.1) is 20.8 Å². The van der Waals surface area contributed by atoms with Gasteiger partial charge < -0.3 is 0 Å². The molecule has 0 saturated heterocycles. The third-order valence-electron chi connectivity index (χ3n) is 3.46. The Morgan fingerprint density at radius 1 is 1.15 bits per heavy atom. The Morgan fingerprint density at radius 3 is 2.65 bits per heavy atom. The van der Waals surface area contributed by atoms with Crippen molar-refractivity contribution < 1.29 is 8.42 Å². The zero-order valence-corrected chi connectivity index (χ0v) is 17.2. The molecule has 26 heavy (non-hydrogen) atoms. The van der Waals surface area contributed by atoms with Crippen LogP contribution in [0.3, 0.4) is 0 Å². The predicted octanol–water partition coefficient (Wildman–Crippen LogP) is 3.59. The highest BCUT2D eigenvalue weighted by molar-refractivity contribution is 9.10. The highest BCUT2D eigenvalue weighted by Crippen LogP contribution is 2.34. The lowest BCUT2D eigenvalue weighted by Crippen LogP contribution is -1.98. The first-order valence-electron chi connectivity index (χ1n) is 7.23. The molecule has 11 heteroatoms. The average Bonchev–Trinajstić information content (AvgIpc) is 3.20. The molecule has 4 aromatic rings. The predicted molar refractivity (Wildman–Crippen MR) is 104 cm³/mol. The van der Waals surface area contributed by atoms with Crippen molar-refractivity contribution >= 4 is 59.1 Å². The Hall–Kier alpha value is -1.82. The topological polar surface area (TPSA) is 90.6 Å². The number of sulfone groups is 1. The van der Waals surface area contributed by atoms with Gasteiger partial charge in [-0.05, 0) is 64.7 Å². The summed E-state index contributed by atoms with van der Waals surface area (Å²) >= 11 is 6.14. The summed E-state index contributed by atoms with van der Waals surface area (Å²) in [5, 5.41) is 12.4. The maximum Gasteiger partial charge on any atom is 0.221 e. The van der Waals surface area contributed by atoms with E-state index in [1.807, 2.05) is 24.3 Å². The molecule has 2 aromatic carbocycles. The molecule has 7 nitrogen and oxygen atoms in total. The Labute approximate surface area is 165 Å². The SMILES string of the molecule is CS(=O)(=O)c1ccc2nc(Sc3nnnn3-c3ccc(Br)cc3)sc2c1. The summed E-state index contributed by atoms with van der Waals surface area (Å²) in [6.45, 7) is 0. The van der Waals surface area contributed by atoms with E-state index in [0.717, 1.165) is 24.7 Å². The molecule has 4 rings (SSSR count). The van der Waals surface area contributed by atoms with Crippen LogP contribution in [-0.2, 0) is 9.84 Å². The first kappa shape index (κ1) is 17.6. The molecule has 0 aliphatic heterocycles. The summed E-state index contributed by atoms with van der Waals surface area (Å²) in [5.41, 5.74) is 1.58. The van der Waals surface area contributed by atoms with Gasteiger partial charge in [-0.2, -0.15) is 4.68 Å². The first-order chi connectivity index (χ1) is 12.4. The number of benzene rings is 2. The summed E-state index contributed by atoms with van der Waals surface area (Å²) in [7, 11) is -3.25. The van der Waals surface area contributed by atoms with Crippen molar-refractivity contribution in [3.63, 3.8) is 0 Å². The zero-order valence-electron chi connectivity index (χ0n) is 13.2. The number of halogens is 1. The fourth-order valence-corrected chi connectivity index (χ4v) is 5.21. The monoisotopic (exact) mass is 467 g/mol. The van der Waals surface area contributed by atoms with Crippen molar-refractivity contribution in [3.05, 3.63) is 46.9 Å². The lowest BCUT2D eigenvalue weighted by atomic mass is 10.3. The maximum absolute atomic E-state index is 11.7. The van der Waals surface area contributed by atoms with E-state index in [4.69, 9.17) is 0 Å². The zero-order chi connectivity index (χ0) is 18.3. The van der Waals surface area contributed by atoms with Crippen LogP contribution in [-0.4, -0.2) is 39.9 Å². The molecule has 2 aromatic heterocycles. The number of thiazole rings is 1. The first-order valence-corrected chi connectivity index (χ1v) is 11.5. The molecule has 0 N–H and O–H groups in total. The van der Waals surface area contributed by atoms with E-state index in [9.17, 15) is 8.42 Å². The molecule has 0 atom stereocenters. The normalized spacial score (nSPS) is 11.9. The van der Waals surface area contributed by atoms with Gasteiger partial charge in [-0.15, -0.1) is 16.4 Å². The van der Waals surface area contributed by atoms with E-state index in [1.54, 1.807) is 22.9 Å². The number of fused-ring (bicyclic) bond motifs is 1. The average molecular weight is 468 g/mol. The Kier molecular flexibility index (Phi) is 4.55. The van der Waals surface area contributed by atoms with Crippen molar-refractivity contribution in [1.29, 1.82) is 0 Å².